The molecule has 5 heteroatoms. The first-order chi connectivity index (χ1) is 8.50. The number of hydrogen-bond acceptors (Lipinski definition) is 5. The number of Topliss-reactive ketones (excluding diaryl/α,β-unsaturated/α-hetero) is 1. The molecule has 0 amide bonds. The van der Waals surface area contributed by atoms with E-state index in [0.29, 0.717) is 0 Å². The fraction of sp³-hybridized carbons (Fsp3) is 0.385. The van der Waals surface area contributed by atoms with Crippen molar-refractivity contribution in [1.82, 2.24) is 0 Å². The van der Waals surface area contributed by atoms with Crippen LogP contribution in [0.25, 0.3) is 0 Å². The third kappa shape index (κ3) is 1.81. The molecule has 1 N–H and O–H groups in total. The molecule has 3 unspecified atom stereocenters. The first kappa shape index (κ1) is 12.7. The Balaban J connectivity index is 2.33. The van der Waals surface area contributed by atoms with Crippen molar-refractivity contribution in [1.29, 1.82) is 0 Å². The van der Waals surface area contributed by atoms with Gasteiger partial charge in [-0.15, -0.1) is 0 Å². The molecule has 0 radical (unpaired) electrons. The van der Waals surface area contributed by atoms with Crippen LogP contribution in [0.15, 0.2) is 30.3 Å². The largest absolute Gasteiger partial charge is 0.465 e. The van der Waals surface area contributed by atoms with Crippen molar-refractivity contribution in [2.24, 2.45) is 5.92 Å². The van der Waals surface area contributed by atoms with Crippen molar-refractivity contribution in [3.05, 3.63) is 35.9 Å². The minimum absolute atomic E-state index is 0.614. The predicted molar refractivity (Wildman–Crippen MR) is 61.4 cm³/mol. The second-order valence-electron chi connectivity index (χ2n) is 4.24. The van der Waals surface area contributed by atoms with Crippen LogP contribution in [-0.2, 0) is 19.1 Å². The molecule has 1 fully saturated rings. The Hall–Kier alpha value is -1.72. The van der Waals surface area contributed by atoms with Crippen LogP contribution in [0, 0.1) is 5.92 Å². The summed E-state index contributed by atoms with van der Waals surface area (Å²) in [6.45, 7) is 1.61. The zero-order chi connectivity index (χ0) is 13.3. The summed E-state index contributed by atoms with van der Waals surface area (Å²) >= 11 is 0. The number of carbonyl (C=O) groups is 2. The van der Waals surface area contributed by atoms with E-state index in [-0.39, 0.29) is 0 Å². The van der Waals surface area contributed by atoms with E-state index in [1.807, 2.05) is 6.07 Å². The Morgan fingerprint density at radius 2 is 2.00 bits per heavy atom. The number of rotatable bonds is 2. The van der Waals surface area contributed by atoms with Crippen LogP contribution >= 0.6 is 0 Å². The van der Waals surface area contributed by atoms with Gasteiger partial charge in [0.05, 0.1) is 19.1 Å². The van der Waals surface area contributed by atoms with Gasteiger partial charge < -0.3 is 14.6 Å². The molecule has 1 heterocycles. The maximum Gasteiger partial charge on any atom is 0.374 e. The maximum absolute atomic E-state index is 11.9. The van der Waals surface area contributed by atoms with Gasteiger partial charge in [0.2, 0.25) is 5.78 Å². The molecule has 18 heavy (non-hydrogen) atoms. The lowest BCUT2D eigenvalue weighted by molar-refractivity contribution is -0.217. The van der Waals surface area contributed by atoms with Gasteiger partial charge in [-0.3, -0.25) is 4.79 Å². The summed E-state index contributed by atoms with van der Waals surface area (Å²) in [5, 5.41) is 9.98. The van der Waals surface area contributed by atoms with E-state index < -0.39 is 29.6 Å². The van der Waals surface area contributed by atoms with E-state index in [0.717, 1.165) is 12.7 Å². The highest BCUT2D eigenvalue weighted by atomic mass is 16.7. The Labute approximate surface area is 104 Å². The molecule has 1 aromatic rings. The van der Waals surface area contributed by atoms with Crippen LogP contribution in [0.2, 0.25) is 0 Å². The smallest absolute Gasteiger partial charge is 0.374 e. The zero-order valence-corrected chi connectivity index (χ0v) is 10.1. The molecule has 2 rings (SSSR count). The number of methoxy groups -OCH3 is 1. The van der Waals surface area contributed by atoms with E-state index in [1.165, 1.54) is 0 Å². The van der Waals surface area contributed by atoms with Gasteiger partial charge >= 0.3 is 11.8 Å². The normalized spacial score (nSPS) is 31.4. The molecule has 0 aliphatic carbocycles. The summed E-state index contributed by atoms with van der Waals surface area (Å²) in [6, 6.07) is 8.98. The number of aliphatic hydroxyl groups is 1. The van der Waals surface area contributed by atoms with Gasteiger partial charge in [0, 0.05) is 0 Å². The quantitative estimate of drug-likeness (QED) is 0.621. The van der Waals surface area contributed by atoms with Crippen LogP contribution in [0.4, 0.5) is 0 Å². The van der Waals surface area contributed by atoms with Crippen LogP contribution in [0.5, 0.6) is 0 Å². The summed E-state index contributed by atoms with van der Waals surface area (Å²) in [5.74, 6) is -4.87. The maximum atomic E-state index is 11.9. The number of hydrogen-bond donors (Lipinski definition) is 1. The molecule has 3 atom stereocenters. The van der Waals surface area contributed by atoms with E-state index in [4.69, 9.17) is 4.74 Å². The van der Waals surface area contributed by atoms with Gasteiger partial charge in [0.25, 0.3) is 0 Å². The number of carbonyl (C=O) groups excluding carboxylic acids is 2. The third-order valence-electron chi connectivity index (χ3n) is 3.09. The third-order valence-corrected chi connectivity index (χ3v) is 3.09. The lowest BCUT2D eigenvalue weighted by Crippen LogP contribution is -2.46. The van der Waals surface area contributed by atoms with Gasteiger partial charge in [-0.1, -0.05) is 37.3 Å². The van der Waals surface area contributed by atoms with Crippen molar-refractivity contribution < 1.29 is 24.2 Å². The summed E-state index contributed by atoms with van der Waals surface area (Å²) < 4.78 is 9.65. The Bertz CT molecular complexity index is 470. The highest BCUT2D eigenvalue weighted by Crippen LogP contribution is 2.40. The molecule has 0 bridgehead atoms. The van der Waals surface area contributed by atoms with Crippen molar-refractivity contribution in [2.75, 3.05) is 7.11 Å². The summed E-state index contributed by atoms with van der Waals surface area (Å²) in [6.07, 6.45) is -0.650. The molecule has 5 nitrogen and oxygen atoms in total. The first-order valence-electron chi connectivity index (χ1n) is 5.58. The average Bonchev–Trinajstić information content (AvgIpc) is 2.64. The van der Waals surface area contributed by atoms with Crippen molar-refractivity contribution >= 4 is 11.8 Å². The minimum Gasteiger partial charge on any atom is -0.465 e. The predicted octanol–water partition coefficient (Wildman–Crippen LogP) is 0.825. The average molecular weight is 250 g/mol. The van der Waals surface area contributed by atoms with Crippen LogP contribution in [-0.4, -0.2) is 29.8 Å². The van der Waals surface area contributed by atoms with E-state index in [2.05, 4.69) is 4.74 Å². The van der Waals surface area contributed by atoms with Crippen molar-refractivity contribution in [3.63, 3.8) is 0 Å². The number of benzene rings is 1. The molecule has 96 valence electrons. The van der Waals surface area contributed by atoms with E-state index in [1.54, 1.807) is 31.2 Å². The molecular formula is C13H14O5. The summed E-state index contributed by atoms with van der Waals surface area (Å²) in [5.41, 5.74) is 0.734. The van der Waals surface area contributed by atoms with Gasteiger partial charge in [0.1, 0.15) is 0 Å². The van der Waals surface area contributed by atoms with Crippen LogP contribution < -0.4 is 0 Å². The molecule has 1 saturated heterocycles. The monoisotopic (exact) mass is 250 g/mol. The Kier molecular flexibility index (Phi) is 3.19. The summed E-state index contributed by atoms with van der Waals surface area (Å²) in [7, 11) is 1.09. The number of ketones is 1. The fourth-order valence-corrected chi connectivity index (χ4v) is 2.08. The molecular weight excluding hydrogens is 236 g/mol. The first-order valence-corrected chi connectivity index (χ1v) is 5.58. The molecule has 0 spiro atoms. The van der Waals surface area contributed by atoms with E-state index >= 15 is 0 Å². The number of esters is 1. The SMILES string of the molecule is COC(=O)C1(O)OC(c2ccccc2)C(C)C1=O. The zero-order valence-electron chi connectivity index (χ0n) is 10.1. The van der Waals surface area contributed by atoms with E-state index in [9.17, 15) is 14.7 Å². The lowest BCUT2D eigenvalue weighted by atomic mass is 9.94. The molecule has 0 saturated carbocycles. The second-order valence-corrected chi connectivity index (χ2v) is 4.24. The topological polar surface area (TPSA) is 72.8 Å². The molecule has 1 aliphatic rings. The Morgan fingerprint density at radius 1 is 1.39 bits per heavy atom. The Morgan fingerprint density at radius 3 is 2.56 bits per heavy atom. The number of ether oxygens (including phenoxy) is 2. The highest BCUT2D eigenvalue weighted by Gasteiger charge is 2.58. The highest BCUT2D eigenvalue weighted by molar-refractivity contribution is 6.07. The standard InChI is InChI=1S/C13H14O5/c1-8-10(9-6-4-3-5-7-9)18-13(16,11(8)14)12(15)17-2/h3-8,10,16H,1-2H3. The van der Waals surface area contributed by atoms with Crippen LogP contribution in [0.1, 0.15) is 18.6 Å². The van der Waals surface area contributed by atoms with Gasteiger partial charge in [-0.05, 0) is 5.56 Å². The molecule has 1 aliphatic heterocycles. The van der Waals surface area contributed by atoms with Crippen LogP contribution in [0.3, 0.4) is 0 Å². The van der Waals surface area contributed by atoms with Gasteiger partial charge in [-0.25, -0.2) is 4.79 Å². The fourth-order valence-electron chi connectivity index (χ4n) is 2.08. The molecule has 1 aromatic carbocycles. The van der Waals surface area contributed by atoms with Crippen molar-refractivity contribution in [3.8, 4) is 0 Å². The minimum atomic E-state index is -2.49. The summed E-state index contributed by atoms with van der Waals surface area (Å²) in [4.78, 5) is 23.4. The van der Waals surface area contributed by atoms with Crippen molar-refractivity contribution in [2.45, 2.75) is 18.8 Å². The van der Waals surface area contributed by atoms with Gasteiger partial charge in [-0.2, -0.15) is 0 Å². The van der Waals surface area contributed by atoms with Gasteiger partial charge in [0.15, 0.2) is 0 Å². The lowest BCUT2D eigenvalue weighted by Gasteiger charge is -2.18. The second kappa shape index (κ2) is 4.51. The molecule has 0 aromatic heterocycles.